The van der Waals surface area contributed by atoms with Crippen molar-refractivity contribution in [2.24, 2.45) is 21.9 Å². The molecule has 0 radical (unpaired) electrons. The molecular weight excluding hydrogens is 176 g/mol. The molecule has 0 amide bonds. The zero-order chi connectivity index (χ0) is 10.8. The zero-order valence-corrected chi connectivity index (χ0v) is 9.45. The summed E-state index contributed by atoms with van der Waals surface area (Å²) in [5.41, 5.74) is 11.9. The van der Waals surface area contributed by atoms with Gasteiger partial charge in [-0.05, 0) is 11.8 Å². The fourth-order valence-corrected chi connectivity index (χ4v) is 1.42. The molecule has 0 fully saturated rings. The Bertz CT molecular complexity index is 217. The highest BCUT2D eigenvalue weighted by atomic mass is 15.3. The van der Waals surface area contributed by atoms with Crippen molar-refractivity contribution in [3.05, 3.63) is 0 Å². The summed E-state index contributed by atoms with van der Waals surface area (Å²) in [6.07, 6.45) is 1.11. The lowest BCUT2D eigenvalue weighted by atomic mass is 9.92. The second kappa shape index (κ2) is 4.17. The summed E-state index contributed by atoms with van der Waals surface area (Å²) >= 11 is 0. The molecule has 4 heteroatoms. The van der Waals surface area contributed by atoms with E-state index in [0.717, 1.165) is 19.5 Å². The first-order valence-corrected chi connectivity index (χ1v) is 5.19. The number of hydrogen-bond donors (Lipinski definition) is 2. The van der Waals surface area contributed by atoms with Gasteiger partial charge in [-0.1, -0.05) is 20.8 Å². The van der Waals surface area contributed by atoms with E-state index >= 15 is 0 Å². The van der Waals surface area contributed by atoms with Gasteiger partial charge in [0.15, 0.2) is 5.96 Å². The molecule has 0 aromatic carbocycles. The first-order valence-electron chi connectivity index (χ1n) is 5.19. The van der Waals surface area contributed by atoms with Crippen LogP contribution in [-0.4, -0.2) is 36.5 Å². The molecule has 1 atom stereocenters. The summed E-state index contributed by atoms with van der Waals surface area (Å²) in [4.78, 5) is 6.27. The van der Waals surface area contributed by atoms with Crippen LogP contribution in [0.4, 0.5) is 0 Å². The Morgan fingerprint density at radius 1 is 1.50 bits per heavy atom. The smallest absolute Gasteiger partial charge is 0.191 e. The highest BCUT2D eigenvalue weighted by Gasteiger charge is 2.19. The van der Waals surface area contributed by atoms with E-state index in [9.17, 15) is 0 Å². The van der Waals surface area contributed by atoms with Crippen LogP contribution in [0.3, 0.4) is 0 Å². The van der Waals surface area contributed by atoms with Crippen LogP contribution in [0, 0.1) is 5.41 Å². The average Bonchev–Trinajstić information content (AvgIpc) is 2.05. The molecule has 0 bridgehead atoms. The van der Waals surface area contributed by atoms with E-state index in [1.54, 1.807) is 0 Å². The largest absolute Gasteiger partial charge is 0.370 e. The number of rotatable bonds is 2. The van der Waals surface area contributed by atoms with Gasteiger partial charge in [0.25, 0.3) is 0 Å². The van der Waals surface area contributed by atoms with E-state index in [1.165, 1.54) is 0 Å². The summed E-state index contributed by atoms with van der Waals surface area (Å²) in [6, 6.07) is 0.141. The monoisotopic (exact) mass is 198 g/mol. The first kappa shape index (κ1) is 11.3. The van der Waals surface area contributed by atoms with E-state index in [4.69, 9.17) is 11.5 Å². The molecule has 0 unspecified atom stereocenters. The molecule has 14 heavy (non-hydrogen) atoms. The van der Waals surface area contributed by atoms with Gasteiger partial charge in [-0.2, -0.15) is 0 Å². The highest BCUT2D eigenvalue weighted by Crippen LogP contribution is 2.19. The summed E-state index contributed by atoms with van der Waals surface area (Å²) in [5, 5.41) is 0. The van der Waals surface area contributed by atoms with Gasteiger partial charge in [0, 0.05) is 19.1 Å². The highest BCUT2D eigenvalue weighted by molar-refractivity contribution is 5.78. The third-order valence-electron chi connectivity index (χ3n) is 2.40. The van der Waals surface area contributed by atoms with Crippen LogP contribution in [0.2, 0.25) is 0 Å². The minimum absolute atomic E-state index is 0.141. The molecule has 1 heterocycles. The fraction of sp³-hybridized carbons (Fsp3) is 0.900. The predicted octanol–water partition coefficient (Wildman–Crippen LogP) is 0.380. The normalized spacial score (nSPS) is 23.6. The van der Waals surface area contributed by atoms with Crippen LogP contribution in [0.15, 0.2) is 4.99 Å². The van der Waals surface area contributed by atoms with E-state index in [1.807, 2.05) is 0 Å². The van der Waals surface area contributed by atoms with Crippen molar-refractivity contribution < 1.29 is 0 Å². The summed E-state index contributed by atoms with van der Waals surface area (Å²) in [6.45, 7) is 9.13. The molecule has 0 saturated carbocycles. The van der Waals surface area contributed by atoms with Gasteiger partial charge in [-0.25, -0.2) is 0 Å². The number of hydrogen-bond acceptors (Lipinski definition) is 4. The topological polar surface area (TPSA) is 67.6 Å². The van der Waals surface area contributed by atoms with Crippen molar-refractivity contribution in [1.82, 2.24) is 4.90 Å². The lowest BCUT2D eigenvalue weighted by Gasteiger charge is -2.32. The SMILES string of the molecule is CC(C)(C)CCN1C[C@@H](N)CN=C1N. The number of nitrogens with two attached hydrogens (primary N) is 2. The van der Waals surface area contributed by atoms with Crippen LogP contribution in [0.5, 0.6) is 0 Å². The minimum atomic E-state index is 0.141. The number of guanidine groups is 1. The molecule has 1 aliphatic rings. The molecule has 1 rings (SSSR count). The van der Waals surface area contributed by atoms with Crippen molar-refractivity contribution >= 4 is 5.96 Å². The van der Waals surface area contributed by atoms with Crippen molar-refractivity contribution in [2.75, 3.05) is 19.6 Å². The fourth-order valence-electron chi connectivity index (χ4n) is 1.42. The van der Waals surface area contributed by atoms with Gasteiger partial charge in [0.2, 0.25) is 0 Å². The maximum absolute atomic E-state index is 5.82. The second-order valence-corrected chi connectivity index (χ2v) is 5.22. The lowest BCUT2D eigenvalue weighted by molar-refractivity contribution is 0.286. The maximum atomic E-state index is 5.82. The third-order valence-corrected chi connectivity index (χ3v) is 2.40. The van der Waals surface area contributed by atoms with Crippen LogP contribution in [0.25, 0.3) is 0 Å². The van der Waals surface area contributed by atoms with Gasteiger partial charge in [-0.3, -0.25) is 4.99 Å². The summed E-state index contributed by atoms with van der Waals surface area (Å²) in [5.74, 6) is 0.649. The van der Waals surface area contributed by atoms with Gasteiger partial charge in [0.05, 0.1) is 6.54 Å². The number of aliphatic imine (C=N–C) groups is 1. The Kier molecular flexibility index (Phi) is 3.37. The first-order chi connectivity index (χ1) is 6.38. The Labute approximate surface area is 86.4 Å². The van der Waals surface area contributed by atoms with Crippen molar-refractivity contribution in [1.29, 1.82) is 0 Å². The quantitative estimate of drug-likeness (QED) is 0.674. The number of nitrogens with zero attached hydrogens (tertiary/aromatic N) is 2. The van der Waals surface area contributed by atoms with Gasteiger partial charge >= 0.3 is 0 Å². The standard InChI is InChI=1S/C10H22N4/c1-10(2,3)4-5-14-7-8(11)6-13-9(14)12/h8H,4-7,11H2,1-3H3,(H2,12,13)/t8-/m0/s1. The zero-order valence-electron chi connectivity index (χ0n) is 9.45. The Morgan fingerprint density at radius 2 is 2.14 bits per heavy atom. The molecule has 0 aliphatic carbocycles. The molecule has 4 N–H and O–H groups in total. The van der Waals surface area contributed by atoms with Crippen molar-refractivity contribution in [2.45, 2.75) is 33.2 Å². The van der Waals surface area contributed by atoms with E-state index < -0.39 is 0 Å². The predicted molar refractivity (Wildman–Crippen MR) is 60.1 cm³/mol. The van der Waals surface area contributed by atoms with Gasteiger partial charge < -0.3 is 16.4 Å². The van der Waals surface area contributed by atoms with Crippen LogP contribution < -0.4 is 11.5 Å². The minimum Gasteiger partial charge on any atom is -0.370 e. The lowest BCUT2D eigenvalue weighted by Crippen LogP contribution is -2.50. The molecule has 82 valence electrons. The molecule has 0 spiro atoms. The average molecular weight is 198 g/mol. The third kappa shape index (κ3) is 3.54. The molecule has 0 saturated heterocycles. The van der Waals surface area contributed by atoms with Crippen molar-refractivity contribution in [3.8, 4) is 0 Å². The van der Waals surface area contributed by atoms with Crippen LogP contribution >= 0.6 is 0 Å². The molecule has 4 nitrogen and oxygen atoms in total. The second-order valence-electron chi connectivity index (χ2n) is 5.22. The Balaban J connectivity index is 2.44. The van der Waals surface area contributed by atoms with E-state index in [2.05, 4.69) is 30.7 Å². The molecule has 0 aromatic rings. The van der Waals surface area contributed by atoms with Gasteiger partial charge in [-0.15, -0.1) is 0 Å². The van der Waals surface area contributed by atoms with Gasteiger partial charge in [0.1, 0.15) is 0 Å². The van der Waals surface area contributed by atoms with E-state index in [0.29, 0.717) is 17.9 Å². The molecule has 1 aliphatic heterocycles. The summed E-state index contributed by atoms with van der Waals surface area (Å²) < 4.78 is 0. The Hall–Kier alpha value is -0.770. The summed E-state index contributed by atoms with van der Waals surface area (Å²) in [7, 11) is 0. The van der Waals surface area contributed by atoms with Crippen LogP contribution in [0.1, 0.15) is 27.2 Å². The molecule has 0 aromatic heterocycles. The Morgan fingerprint density at radius 3 is 2.71 bits per heavy atom. The van der Waals surface area contributed by atoms with Crippen molar-refractivity contribution in [3.63, 3.8) is 0 Å². The van der Waals surface area contributed by atoms with Crippen LogP contribution in [-0.2, 0) is 0 Å². The maximum Gasteiger partial charge on any atom is 0.191 e. The van der Waals surface area contributed by atoms with E-state index in [-0.39, 0.29) is 6.04 Å². The molecular formula is C10H22N4.